The van der Waals surface area contributed by atoms with Gasteiger partial charge in [-0.3, -0.25) is 0 Å². The van der Waals surface area contributed by atoms with Crippen molar-refractivity contribution in [1.82, 2.24) is 20.4 Å². The van der Waals surface area contributed by atoms with Crippen molar-refractivity contribution in [2.24, 2.45) is 0 Å². The Morgan fingerprint density at radius 2 is 2.06 bits per heavy atom. The van der Waals surface area contributed by atoms with E-state index in [9.17, 15) is 9.90 Å². The molecule has 0 amide bonds. The van der Waals surface area contributed by atoms with Gasteiger partial charge in [0.2, 0.25) is 0 Å². The molecule has 1 aromatic heterocycles. The number of nitrogens with one attached hydrogen (secondary N) is 1. The van der Waals surface area contributed by atoms with Gasteiger partial charge < -0.3 is 10.1 Å². The molecule has 0 saturated carbocycles. The van der Waals surface area contributed by atoms with Crippen LogP contribution in [0, 0.1) is 0 Å². The van der Waals surface area contributed by atoms with Gasteiger partial charge in [0.05, 0.1) is 11.1 Å². The molecule has 6 heteroatoms. The average Bonchev–Trinajstić information content (AvgIpc) is 2.52. The minimum atomic E-state index is -0.939. The van der Waals surface area contributed by atoms with Gasteiger partial charge in [0.1, 0.15) is 6.33 Å². The minimum absolute atomic E-state index is 0.315. The second-order valence-electron chi connectivity index (χ2n) is 4.19. The SMILES string of the molecule is CC1=C(C(=O)O)C(C)(c2cncnc2)NN1C. The number of carboxylic acids is 1. The number of aliphatic carboxylic acids is 1. The lowest BCUT2D eigenvalue weighted by Crippen LogP contribution is -2.43. The molecule has 17 heavy (non-hydrogen) atoms. The van der Waals surface area contributed by atoms with Crippen molar-refractivity contribution >= 4 is 5.97 Å². The predicted molar refractivity (Wildman–Crippen MR) is 60.6 cm³/mol. The lowest BCUT2D eigenvalue weighted by molar-refractivity contribution is -0.133. The van der Waals surface area contributed by atoms with E-state index < -0.39 is 11.5 Å². The fraction of sp³-hybridized carbons (Fsp3) is 0.364. The maximum absolute atomic E-state index is 11.4. The lowest BCUT2D eigenvalue weighted by atomic mass is 9.87. The lowest BCUT2D eigenvalue weighted by Gasteiger charge is -2.27. The Kier molecular flexibility index (Phi) is 2.59. The molecule has 0 aromatic carbocycles. The molecule has 0 aliphatic carbocycles. The Balaban J connectivity index is 2.56. The van der Waals surface area contributed by atoms with Gasteiger partial charge in [-0.25, -0.2) is 20.2 Å². The number of aromatic nitrogens is 2. The molecule has 0 saturated heterocycles. The molecule has 1 aliphatic heterocycles. The molecular formula is C11H14N4O2. The highest BCUT2D eigenvalue weighted by Crippen LogP contribution is 2.36. The number of carbonyl (C=O) groups is 1. The second kappa shape index (κ2) is 3.81. The fourth-order valence-electron chi connectivity index (χ4n) is 2.14. The van der Waals surface area contributed by atoms with E-state index in [0.717, 1.165) is 5.56 Å². The third-order valence-corrected chi connectivity index (χ3v) is 3.11. The van der Waals surface area contributed by atoms with Crippen LogP contribution in [0.5, 0.6) is 0 Å². The zero-order valence-electron chi connectivity index (χ0n) is 9.93. The Morgan fingerprint density at radius 1 is 1.47 bits per heavy atom. The zero-order valence-corrected chi connectivity index (χ0v) is 9.93. The van der Waals surface area contributed by atoms with Crippen LogP contribution in [-0.4, -0.2) is 33.1 Å². The molecule has 90 valence electrons. The smallest absolute Gasteiger partial charge is 0.335 e. The van der Waals surface area contributed by atoms with E-state index in [-0.39, 0.29) is 0 Å². The quantitative estimate of drug-likeness (QED) is 0.776. The van der Waals surface area contributed by atoms with Crippen molar-refractivity contribution in [3.63, 3.8) is 0 Å². The molecule has 1 aromatic rings. The zero-order chi connectivity index (χ0) is 12.6. The molecule has 6 nitrogen and oxygen atoms in total. The van der Waals surface area contributed by atoms with Gasteiger partial charge in [-0.05, 0) is 13.8 Å². The summed E-state index contributed by atoms with van der Waals surface area (Å²) >= 11 is 0. The molecule has 2 rings (SSSR count). The Bertz CT molecular complexity index is 486. The summed E-state index contributed by atoms with van der Waals surface area (Å²) in [6.07, 6.45) is 4.66. The molecule has 2 N–H and O–H groups in total. The van der Waals surface area contributed by atoms with E-state index in [1.54, 1.807) is 31.4 Å². The molecule has 1 unspecified atom stereocenters. The maximum Gasteiger partial charge on any atom is 0.335 e. The van der Waals surface area contributed by atoms with Crippen LogP contribution < -0.4 is 5.43 Å². The van der Waals surface area contributed by atoms with Gasteiger partial charge in [-0.1, -0.05) is 0 Å². The van der Waals surface area contributed by atoms with Crippen LogP contribution in [0.2, 0.25) is 0 Å². The summed E-state index contributed by atoms with van der Waals surface area (Å²) in [5.74, 6) is -0.939. The number of hydrogen-bond acceptors (Lipinski definition) is 5. The predicted octanol–water partition coefficient (Wildman–Crippen LogP) is 0.500. The van der Waals surface area contributed by atoms with Gasteiger partial charge in [0.15, 0.2) is 0 Å². The number of allylic oxidation sites excluding steroid dienone is 1. The first kappa shape index (κ1) is 11.5. The summed E-state index contributed by atoms with van der Waals surface area (Å²) < 4.78 is 0. The fourth-order valence-corrected chi connectivity index (χ4v) is 2.14. The molecule has 1 atom stereocenters. The first-order chi connectivity index (χ1) is 7.97. The molecule has 0 bridgehead atoms. The molecule has 0 spiro atoms. The van der Waals surface area contributed by atoms with Gasteiger partial charge >= 0.3 is 5.97 Å². The number of carboxylic acid groups (broad SMARTS) is 1. The summed E-state index contributed by atoms with van der Waals surface area (Å²) in [6.45, 7) is 3.58. The summed E-state index contributed by atoms with van der Waals surface area (Å²) in [5, 5.41) is 11.0. The second-order valence-corrected chi connectivity index (χ2v) is 4.19. The van der Waals surface area contributed by atoms with Crippen molar-refractivity contribution in [2.75, 3.05) is 7.05 Å². The number of rotatable bonds is 2. The Morgan fingerprint density at radius 3 is 2.59 bits per heavy atom. The van der Waals surface area contributed by atoms with Gasteiger partial charge in [0.25, 0.3) is 0 Å². The van der Waals surface area contributed by atoms with Crippen LogP contribution in [0.1, 0.15) is 19.4 Å². The van der Waals surface area contributed by atoms with Gasteiger partial charge in [0, 0.05) is 30.7 Å². The maximum atomic E-state index is 11.4. The van der Waals surface area contributed by atoms with Crippen LogP contribution in [0.3, 0.4) is 0 Å². The highest BCUT2D eigenvalue weighted by molar-refractivity contribution is 5.91. The first-order valence-electron chi connectivity index (χ1n) is 5.18. The van der Waals surface area contributed by atoms with Crippen molar-refractivity contribution < 1.29 is 9.90 Å². The van der Waals surface area contributed by atoms with Crippen LogP contribution in [-0.2, 0) is 10.3 Å². The van der Waals surface area contributed by atoms with Crippen molar-refractivity contribution in [3.05, 3.63) is 35.6 Å². The monoisotopic (exact) mass is 234 g/mol. The van der Waals surface area contributed by atoms with E-state index in [2.05, 4.69) is 15.4 Å². The summed E-state index contributed by atoms with van der Waals surface area (Å²) in [5.41, 5.74) is 4.05. The number of nitrogens with zero attached hydrogens (tertiary/aromatic N) is 3. The third kappa shape index (κ3) is 1.66. The normalized spacial score (nSPS) is 24.3. The summed E-state index contributed by atoms with van der Waals surface area (Å²) in [6, 6.07) is 0. The summed E-state index contributed by atoms with van der Waals surface area (Å²) in [7, 11) is 1.79. The van der Waals surface area contributed by atoms with E-state index in [0.29, 0.717) is 11.3 Å². The number of hydrogen-bond donors (Lipinski definition) is 2. The Labute approximate surface area is 99.0 Å². The van der Waals surface area contributed by atoms with Crippen molar-refractivity contribution in [1.29, 1.82) is 0 Å². The van der Waals surface area contributed by atoms with Crippen molar-refractivity contribution in [2.45, 2.75) is 19.4 Å². The average molecular weight is 234 g/mol. The Hall–Kier alpha value is -1.95. The van der Waals surface area contributed by atoms with Crippen LogP contribution in [0.4, 0.5) is 0 Å². The van der Waals surface area contributed by atoms with Crippen LogP contribution >= 0.6 is 0 Å². The molecule has 1 aliphatic rings. The van der Waals surface area contributed by atoms with E-state index in [1.165, 1.54) is 6.33 Å². The topological polar surface area (TPSA) is 78.3 Å². The largest absolute Gasteiger partial charge is 0.478 e. The van der Waals surface area contributed by atoms with Crippen LogP contribution in [0.15, 0.2) is 30.0 Å². The van der Waals surface area contributed by atoms with Gasteiger partial charge in [-0.15, -0.1) is 0 Å². The molecule has 2 heterocycles. The van der Waals surface area contributed by atoms with Crippen molar-refractivity contribution in [3.8, 4) is 0 Å². The van der Waals surface area contributed by atoms with E-state index >= 15 is 0 Å². The van der Waals surface area contributed by atoms with E-state index in [1.807, 2.05) is 6.92 Å². The number of hydrazine groups is 1. The molecule has 0 radical (unpaired) electrons. The van der Waals surface area contributed by atoms with Crippen LogP contribution in [0.25, 0.3) is 0 Å². The highest BCUT2D eigenvalue weighted by atomic mass is 16.4. The van der Waals surface area contributed by atoms with E-state index in [4.69, 9.17) is 0 Å². The highest BCUT2D eigenvalue weighted by Gasteiger charge is 2.43. The third-order valence-electron chi connectivity index (χ3n) is 3.11. The first-order valence-corrected chi connectivity index (χ1v) is 5.18. The summed E-state index contributed by atoms with van der Waals surface area (Å²) in [4.78, 5) is 19.2. The molecular weight excluding hydrogens is 220 g/mol. The standard InChI is InChI=1S/C11H14N4O2/c1-7-9(10(16)17)11(2,14-15(7)3)8-4-12-6-13-5-8/h4-6,14H,1-3H3,(H,16,17). The van der Waals surface area contributed by atoms with Gasteiger partial charge in [-0.2, -0.15) is 0 Å². The molecule has 0 fully saturated rings. The minimum Gasteiger partial charge on any atom is -0.478 e.